The number of thioether (sulfide) groups is 1. The Morgan fingerprint density at radius 1 is 1.24 bits per heavy atom. The summed E-state index contributed by atoms with van der Waals surface area (Å²) in [7, 11) is 0. The molecule has 0 fully saturated rings. The molecule has 0 saturated heterocycles. The van der Waals surface area contributed by atoms with E-state index >= 15 is 0 Å². The van der Waals surface area contributed by atoms with Crippen LogP contribution in [0.1, 0.15) is 13.8 Å². The molecule has 0 spiro atoms. The van der Waals surface area contributed by atoms with Crippen LogP contribution in [0.5, 0.6) is 0 Å². The van der Waals surface area contributed by atoms with E-state index in [9.17, 15) is 14.0 Å². The highest BCUT2D eigenvalue weighted by Crippen LogP contribution is 2.29. The zero-order valence-corrected chi connectivity index (χ0v) is 16.6. The highest BCUT2D eigenvalue weighted by Gasteiger charge is 2.23. The van der Waals surface area contributed by atoms with Crippen molar-refractivity contribution in [2.75, 3.05) is 6.61 Å². The Morgan fingerprint density at radius 2 is 1.97 bits per heavy atom. The predicted octanol–water partition coefficient (Wildman–Crippen LogP) is 4.05. The predicted molar refractivity (Wildman–Crippen MR) is 111 cm³/mol. The van der Waals surface area contributed by atoms with Crippen LogP contribution in [0, 0.1) is 5.82 Å². The van der Waals surface area contributed by atoms with Crippen LogP contribution in [0.2, 0.25) is 0 Å². The van der Waals surface area contributed by atoms with E-state index in [0.29, 0.717) is 5.52 Å². The number of halogens is 1. The van der Waals surface area contributed by atoms with Crippen LogP contribution >= 0.6 is 11.8 Å². The molecule has 2 aromatic heterocycles. The van der Waals surface area contributed by atoms with Gasteiger partial charge in [-0.3, -0.25) is 14.2 Å². The largest absolute Gasteiger partial charge is 0.465 e. The second-order valence-electron chi connectivity index (χ2n) is 6.39. The molecule has 1 atom stereocenters. The summed E-state index contributed by atoms with van der Waals surface area (Å²) in [5.41, 5.74) is 1.16. The van der Waals surface area contributed by atoms with E-state index in [1.165, 1.54) is 16.7 Å². The Labute approximate surface area is 169 Å². The third-order valence-corrected chi connectivity index (χ3v) is 5.52. The molecule has 29 heavy (non-hydrogen) atoms. The summed E-state index contributed by atoms with van der Waals surface area (Å²) >= 11 is 1.06. The van der Waals surface area contributed by atoms with Crippen molar-refractivity contribution in [2.45, 2.75) is 24.3 Å². The Kier molecular flexibility index (Phi) is 5.10. The van der Waals surface area contributed by atoms with Gasteiger partial charge in [-0.2, -0.15) is 0 Å². The standard InChI is InChI=1S/C21H18FN3O3S/c1-3-28-20(27)12(2)29-21-24-17-13-8-4-6-10-15(13)23-18(17)19(26)25(21)16-11-7-5-9-14(16)22/h4-12,23H,3H2,1-2H3. The maximum Gasteiger partial charge on any atom is 0.319 e. The fourth-order valence-electron chi connectivity index (χ4n) is 3.13. The van der Waals surface area contributed by atoms with Gasteiger partial charge in [0.25, 0.3) is 5.56 Å². The highest BCUT2D eigenvalue weighted by atomic mass is 32.2. The zero-order chi connectivity index (χ0) is 20.5. The average Bonchev–Trinajstić information content (AvgIpc) is 3.08. The van der Waals surface area contributed by atoms with E-state index in [1.54, 1.807) is 26.0 Å². The molecule has 2 aromatic carbocycles. The number of carbonyl (C=O) groups is 1. The van der Waals surface area contributed by atoms with Crippen molar-refractivity contribution in [3.63, 3.8) is 0 Å². The average molecular weight is 411 g/mol. The van der Waals surface area contributed by atoms with E-state index in [1.807, 2.05) is 24.3 Å². The van der Waals surface area contributed by atoms with Crippen molar-refractivity contribution in [3.8, 4) is 5.69 Å². The van der Waals surface area contributed by atoms with E-state index in [2.05, 4.69) is 9.97 Å². The quantitative estimate of drug-likeness (QED) is 0.305. The topological polar surface area (TPSA) is 77.0 Å². The van der Waals surface area contributed by atoms with Crippen LogP contribution < -0.4 is 5.56 Å². The van der Waals surface area contributed by atoms with Crippen LogP contribution in [0.3, 0.4) is 0 Å². The molecule has 0 bridgehead atoms. The molecule has 0 aliphatic carbocycles. The van der Waals surface area contributed by atoms with E-state index in [0.717, 1.165) is 22.7 Å². The van der Waals surface area contributed by atoms with Crippen molar-refractivity contribution in [3.05, 3.63) is 64.7 Å². The lowest BCUT2D eigenvalue weighted by molar-refractivity contribution is -0.142. The number of aromatic amines is 1. The van der Waals surface area contributed by atoms with E-state index < -0.39 is 22.6 Å². The number of rotatable bonds is 5. The van der Waals surface area contributed by atoms with Gasteiger partial charge in [0.05, 0.1) is 12.3 Å². The summed E-state index contributed by atoms with van der Waals surface area (Å²) in [4.78, 5) is 33.2. The summed E-state index contributed by atoms with van der Waals surface area (Å²) in [6.07, 6.45) is 0. The fraction of sp³-hybridized carbons (Fsp3) is 0.190. The summed E-state index contributed by atoms with van der Waals surface area (Å²) in [5.74, 6) is -0.983. The molecule has 6 nitrogen and oxygen atoms in total. The molecule has 8 heteroatoms. The van der Waals surface area contributed by atoms with Gasteiger partial charge in [0.2, 0.25) is 0 Å². The van der Waals surface area contributed by atoms with Crippen molar-refractivity contribution in [2.24, 2.45) is 0 Å². The third kappa shape index (κ3) is 3.40. The number of hydrogen-bond donors (Lipinski definition) is 1. The van der Waals surface area contributed by atoms with Gasteiger partial charge < -0.3 is 9.72 Å². The minimum Gasteiger partial charge on any atom is -0.465 e. The minimum absolute atomic E-state index is 0.0733. The number of benzene rings is 2. The molecule has 2 heterocycles. The van der Waals surface area contributed by atoms with E-state index in [-0.39, 0.29) is 23.0 Å². The van der Waals surface area contributed by atoms with Crippen LogP contribution in [-0.2, 0) is 9.53 Å². The highest BCUT2D eigenvalue weighted by molar-refractivity contribution is 8.00. The van der Waals surface area contributed by atoms with Crippen LogP contribution in [0.4, 0.5) is 4.39 Å². The molecular formula is C21H18FN3O3S. The number of carbonyl (C=O) groups excluding carboxylic acids is 1. The number of aromatic nitrogens is 3. The summed E-state index contributed by atoms with van der Waals surface area (Å²) in [5, 5.41) is 0.381. The molecule has 0 saturated carbocycles. The van der Waals surface area contributed by atoms with Crippen LogP contribution in [0.25, 0.3) is 27.6 Å². The number of nitrogens with zero attached hydrogens (tertiary/aromatic N) is 2. The van der Waals surface area contributed by atoms with Gasteiger partial charge in [-0.25, -0.2) is 9.37 Å². The zero-order valence-electron chi connectivity index (χ0n) is 15.8. The second-order valence-corrected chi connectivity index (χ2v) is 7.70. The third-order valence-electron chi connectivity index (χ3n) is 4.49. The van der Waals surface area contributed by atoms with Gasteiger partial charge in [-0.05, 0) is 32.0 Å². The Morgan fingerprint density at radius 3 is 2.72 bits per heavy atom. The van der Waals surface area contributed by atoms with Crippen LogP contribution in [0.15, 0.2) is 58.5 Å². The van der Waals surface area contributed by atoms with Gasteiger partial charge in [0.15, 0.2) is 5.16 Å². The Hall–Kier alpha value is -3.13. The molecule has 0 aliphatic heterocycles. The second kappa shape index (κ2) is 7.71. The molecule has 4 rings (SSSR count). The first-order valence-corrected chi connectivity index (χ1v) is 10.0. The van der Waals surface area contributed by atoms with Crippen molar-refractivity contribution in [1.29, 1.82) is 0 Å². The number of para-hydroxylation sites is 2. The smallest absolute Gasteiger partial charge is 0.319 e. The first-order valence-electron chi connectivity index (χ1n) is 9.13. The SMILES string of the molecule is CCOC(=O)C(C)Sc1nc2c([nH]c3ccccc32)c(=O)n1-c1ccccc1F. The fourth-order valence-corrected chi connectivity index (χ4v) is 4.04. The molecule has 0 radical (unpaired) electrons. The maximum absolute atomic E-state index is 14.6. The molecule has 1 unspecified atom stereocenters. The number of esters is 1. The van der Waals surface area contributed by atoms with Gasteiger partial charge in [-0.15, -0.1) is 0 Å². The van der Waals surface area contributed by atoms with Gasteiger partial charge in [-0.1, -0.05) is 42.1 Å². The lowest BCUT2D eigenvalue weighted by Crippen LogP contribution is -2.25. The maximum atomic E-state index is 14.6. The molecule has 1 N–H and O–H groups in total. The number of nitrogens with one attached hydrogen (secondary N) is 1. The Bertz CT molecular complexity index is 1280. The summed E-state index contributed by atoms with van der Waals surface area (Å²) in [6.45, 7) is 3.64. The van der Waals surface area contributed by atoms with Gasteiger partial charge in [0.1, 0.15) is 22.1 Å². The lowest BCUT2D eigenvalue weighted by Gasteiger charge is -2.15. The first-order chi connectivity index (χ1) is 14.0. The lowest BCUT2D eigenvalue weighted by atomic mass is 10.2. The normalized spacial score (nSPS) is 12.4. The molecule has 0 aliphatic rings. The Balaban J connectivity index is 1.99. The molecule has 148 valence electrons. The number of H-pyrrole nitrogens is 1. The monoisotopic (exact) mass is 411 g/mol. The van der Waals surface area contributed by atoms with Gasteiger partial charge >= 0.3 is 5.97 Å². The van der Waals surface area contributed by atoms with Crippen molar-refractivity contribution >= 4 is 39.7 Å². The molecular weight excluding hydrogens is 393 g/mol. The van der Waals surface area contributed by atoms with Crippen molar-refractivity contribution in [1.82, 2.24) is 14.5 Å². The number of fused-ring (bicyclic) bond motifs is 3. The minimum atomic E-state index is -0.623. The summed E-state index contributed by atoms with van der Waals surface area (Å²) in [6, 6.07) is 13.4. The van der Waals surface area contributed by atoms with E-state index in [4.69, 9.17) is 4.74 Å². The van der Waals surface area contributed by atoms with Crippen LogP contribution in [-0.4, -0.2) is 32.4 Å². The number of hydrogen-bond acceptors (Lipinski definition) is 5. The molecule has 0 amide bonds. The molecule has 4 aromatic rings. The van der Waals surface area contributed by atoms with Gasteiger partial charge in [0, 0.05) is 10.9 Å². The number of ether oxygens (including phenoxy) is 1. The summed E-state index contributed by atoms with van der Waals surface area (Å²) < 4.78 is 20.8. The first kappa shape index (κ1) is 19.2. The van der Waals surface area contributed by atoms with Crippen molar-refractivity contribution < 1.29 is 13.9 Å².